The van der Waals surface area contributed by atoms with Crippen LogP contribution in [0.1, 0.15) is 38.3 Å². The Morgan fingerprint density at radius 3 is 2.40 bits per heavy atom. The average molecular weight is 205 g/mol. The zero-order valence-electron chi connectivity index (χ0n) is 10.5. The minimum atomic E-state index is 1.07. The first-order valence-electron chi connectivity index (χ1n) is 6.05. The molecule has 1 heteroatoms. The highest BCUT2D eigenvalue weighted by Gasteiger charge is 2.05. The maximum absolute atomic E-state index is 2.37. The van der Waals surface area contributed by atoms with Crippen molar-refractivity contribution in [3.05, 3.63) is 29.3 Å². The molecule has 0 atom stereocenters. The zero-order chi connectivity index (χ0) is 11.3. The third-order valence-electron chi connectivity index (χ3n) is 2.96. The molecule has 0 aliphatic heterocycles. The highest BCUT2D eigenvalue weighted by atomic mass is 15.1. The first kappa shape index (κ1) is 12.1. The summed E-state index contributed by atoms with van der Waals surface area (Å²) in [5.74, 6) is 0. The van der Waals surface area contributed by atoms with Gasteiger partial charge < -0.3 is 4.90 Å². The third-order valence-corrected chi connectivity index (χ3v) is 2.96. The van der Waals surface area contributed by atoms with Crippen LogP contribution < -0.4 is 4.90 Å². The molecule has 0 aliphatic rings. The smallest absolute Gasteiger partial charge is 0.0396 e. The van der Waals surface area contributed by atoms with Crippen molar-refractivity contribution >= 4 is 5.69 Å². The predicted octanol–water partition coefficient (Wildman–Crippen LogP) is 3.66. The largest absolute Gasteiger partial charge is 0.375 e. The lowest BCUT2D eigenvalue weighted by atomic mass is 10.0. The standard InChI is InChI=1S/C14H23N/c1-5-8-13-11-12(6-2)9-10-14(13)15(4)7-3/h9-11H,5-8H2,1-4H3. The maximum atomic E-state index is 2.37. The summed E-state index contributed by atoms with van der Waals surface area (Å²) in [5, 5.41) is 0. The fourth-order valence-corrected chi connectivity index (χ4v) is 1.87. The van der Waals surface area contributed by atoms with Crippen LogP contribution in [0.5, 0.6) is 0 Å². The number of rotatable bonds is 5. The molecule has 0 radical (unpaired) electrons. The van der Waals surface area contributed by atoms with E-state index in [1.807, 2.05) is 0 Å². The van der Waals surface area contributed by atoms with E-state index in [1.54, 1.807) is 0 Å². The second-order valence-electron chi connectivity index (χ2n) is 4.08. The van der Waals surface area contributed by atoms with E-state index in [9.17, 15) is 0 Å². The van der Waals surface area contributed by atoms with Gasteiger partial charge in [0.1, 0.15) is 0 Å². The van der Waals surface area contributed by atoms with Crippen molar-refractivity contribution in [2.45, 2.75) is 40.0 Å². The van der Waals surface area contributed by atoms with Crippen LogP contribution in [0.15, 0.2) is 18.2 Å². The van der Waals surface area contributed by atoms with E-state index in [0.29, 0.717) is 0 Å². The van der Waals surface area contributed by atoms with Gasteiger partial charge in [0, 0.05) is 19.3 Å². The van der Waals surface area contributed by atoms with E-state index in [-0.39, 0.29) is 0 Å². The van der Waals surface area contributed by atoms with Gasteiger partial charge in [0.05, 0.1) is 0 Å². The SMILES string of the molecule is CCCc1cc(CC)ccc1N(C)CC. The molecule has 15 heavy (non-hydrogen) atoms. The van der Waals surface area contributed by atoms with Crippen LogP contribution in [0.3, 0.4) is 0 Å². The summed E-state index contributed by atoms with van der Waals surface area (Å²) in [5.41, 5.74) is 4.35. The molecule has 84 valence electrons. The molecule has 0 fully saturated rings. The van der Waals surface area contributed by atoms with Crippen molar-refractivity contribution in [2.24, 2.45) is 0 Å². The number of hydrogen-bond acceptors (Lipinski definition) is 1. The van der Waals surface area contributed by atoms with E-state index in [0.717, 1.165) is 13.0 Å². The van der Waals surface area contributed by atoms with E-state index in [1.165, 1.54) is 29.7 Å². The molecule has 1 aromatic carbocycles. The van der Waals surface area contributed by atoms with Gasteiger partial charge in [0.15, 0.2) is 0 Å². The van der Waals surface area contributed by atoms with Crippen molar-refractivity contribution in [1.82, 2.24) is 0 Å². The molecule has 0 amide bonds. The minimum absolute atomic E-state index is 1.07. The van der Waals surface area contributed by atoms with Gasteiger partial charge in [-0.3, -0.25) is 0 Å². The van der Waals surface area contributed by atoms with E-state index in [4.69, 9.17) is 0 Å². The molecule has 0 aromatic heterocycles. The Morgan fingerprint density at radius 1 is 1.13 bits per heavy atom. The molecule has 0 aliphatic carbocycles. The monoisotopic (exact) mass is 205 g/mol. The summed E-state index contributed by atoms with van der Waals surface area (Å²) in [6.45, 7) is 7.73. The second kappa shape index (κ2) is 5.79. The Hall–Kier alpha value is -0.980. The van der Waals surface area contributed by atoms with Crippen LogP contribution in [-0.2, 0) is 12.8 Å². The molecular weight excluding hydrogens is 182 g/mol. The number of nitrogens with zero attached hydrogens (tertiary/aromatic N) is 1. The highest BCUT2D eigenvalue weighted by Crippen LogP contribution is 2.22. The van der Waals surface area contributed by atoms with E-state index < -0.39 is 0 Å². The molecule has 0 spiro atoms. The first-order valence-corrected chi connectivity index (χ1v) is 6.05. The van der Waals surface area contributed by atoms with Crippen molar-refractivity contribution < 1.29 is 0 Å². The summed E-state index contributed by atoms with van der Waals surface area (Å²) in [7, 11) is 2.17. The van der Waals surface area contributed by atoms with Crippen molar-refractivity contribution in [3.8, 4) is 0 Å². The van der Waals surface area contributed by atoms with Gasteiger partial charge in [-0.05, 0) is 37.0 Å². The Balaban J connectivity index is 3.03. The van der Waals surface area contributed by atoms with Crippen LogP contribution >= 0.6 is 0 Å². The zero-order valence-corrected chi connectivity index (χ0v) is 10.5. The molecular formula is C14H23N. The Labute approximate surface area is 94.1 Å². The van der Waals surface area contributed by atoms with Crippen LogP contribution in [0.4, 0.5) is 5.69 Å². The van der Waals surface area contributed by atoms with Gasteiger partial charge in [-0.25, -0.2) is 0 Å². The lowest BCUT2D eigenvalue weighted by Gasteiger charge is -2.21. The number of hydrogen-bond donors (Lipinski definition) is 0. The summed E-state index contributed by atoms with van der Waals surface area (Å²) >= 11 is 0. The van der Waals surface area contributed by atoms with E-state index >= 15 is 0 Å². The van der Waals surface area contributed by atoms with Crippen molar-refractivity contribution in [1.29, 1.82) is 0 Å². The second-order valence-corrected chi connectivity index (χ2v) is 4.08. The summed E-state index contributed by atoms with van der Waals surface area (Å²) in [6, 6.07) is 6.89. The minimum Gasteiger partial charge on any atom is -0.375 e. The van der Waals surface area contributed by atoms with Crippen LogP contribution in [0, 0.1) is 0 Å². The fourth-order valence-electron chi connectivity index (χ4n) is 1.87. The van der Waals surface area contributed by atoms with Crippen molar-refractivity contribution in [3.63, 3.8) is 0 Å². The molecule has 1 rings (SSSR count). The quantitative estimate of drug-likeness (QED) is 0.709. The predicted molar refractivity (Wildman–Crippen MR) is 68.8 cm³/mol. The van der Waals surface area contributed by atoms with Gasteiger partial charge >= 0.3 is 0 Å². The van der Waals surface area contributed by atoms with Crippen LogP contribution in [0.2, 0.25) is 0 Å². The lowest BCUT2D eigenvalue weighted by molar-refractivity contribution is 0.889. The summed E-state index contributed by atoms with van der Waals surface area (Å²) in [6.07, 6.45) is 3.54. The molecule has 0 saturated heterocycles. The van der Waals surface area contributed by atoms with E-state index in [2.05, 4.69) is 50.9 Å². The summed E-state index contributed by atoms with van der Waals surface area (Å²) in [4.78, 5) is 2.32. The molecule has 0 unspecified atom stereocenters. The molecule has 0 N–H and O–H groups in total. The topological polar surface area (TPSA) is 3.24 Å². The van der Waals surface area contributed by atoms with Crippen LogP contribution in [0.25, 0.3) is 0 Å². The Bertz CT molecular complexity index is 304. The molecule has 1 nitrogen and oxygen atoms in total. The Morgan fingerprint density at radius 2 is 1.87 bits per heavy atom. The number of anilines is 1. The summed E-state index contributed by atoms with van der Waals surface area (Å²) < 4.78 is 0. The number of benzene rings is 1. The molecule has 0 heterocycles. The van der Waals surface area contributed by atoms with Crippen molar-refractivity contribution in [2.75, 3.05) is 18.5 Å². The van der Waals surface area contributed by atoms with Gasteiger partial charge in [-0.2, -0.15) is 0 Å². The fraction of sp³-hybridized carbons (Fsp3) is 0.571. The lowest BCUT2D eigenvalue weighted by Crippen LogP contribution is -2.17. The average Bonchev–Trinajstić information content (AvgIpc) is 2.28. The molecule has 0 saturated carbocycles. The number of aryl methyl sites for hydroxylation is 2. The van der Waals surface area contributed by atoms with Gasteiger partial charge in [-0.1, -0.05) is 32.4 Å². The molecule has 1 aromatic rings. The molecule has 0 bridgehead atoms. The van der Waals surface area contributed by atoms with Crippen LogP contribution in [-0.4, -0.2) is 13.6 Å². The van der Waals surface area contributed by atoms with Gasteiger partial charge in [0.25, 0.3) is 0 Å². The van der Waals surface area contributed by atoms with Gasteiger partial charge in [0.2, 0.25) is 0 Å². The van der Waals surface area contributed by atoms with Gasteiger partial charge in [-0.15, -0.1) is 0 Å². The third kappa shape index (κ3) is 2.98. The highest BCUT2D eigenvalue weighted by molar-refractivity contribution is 5.54. The normalized spacial score (nSPS) is 10.4. The maximum Gasteiger partial charge on any atom is 0.0396 e. The first-order chi connectivity index (χ1) is 7.22. The Kier molecular flexibility index (Phi) is 4.67.